The summed E-state index contributed by atoms with van der Waals surface area (Å²) in [5, 5.41) is 74.2. The first-order chi connectivity index (χ1) is 13.5. The Balaban J connectivity index is -0.000000141. The van der Waals surface area contributed by atoms with Crippen molar-refractivity contribution in [3.05, 3.63) is 12.2 Å². The third-order valence-electron chi connectivity index (χ3n) is 3.78. The lowest BCUT2D eigenvalue weighted by Gasteiger charge is -2.25. The molecule has 0 bridgehead atoms. The summed E-state index contributed by atoms with van der Waals surface area (Å²) >= 11 is 0. The first-order valence-corrected chi connectivity index (χ1v) is 9.10. The Morgan fingerprint density at radius 3 is 1.75 bits per heavy atom. The van der Waals surface area contributed by atoms with Gasteiger partial charge in [-0.3, -0.25) is 0 Å². The van der Waals surface area contributed by atoms with E-state index in [1.807, 2.05) is 0 Å². The smallest absolute Gasteiger partial charge is 0.122 e. The number of quaternary nitrogens is 3. The Morgan fingerprint density at radius 2 is 1.38 bits per heavy atom. The summed E-state index contributed by atoms with van der Waals surface area (Å²) in [5.41, 5.74) is 0. The SMILES string of the molecule is CCCCCCC=CC(CC(=O)[O-])C(=O)[O-].O=C([O-])[C@H](O)[C@@H](O)[C@H](O)[C@H](O)CO.[NH4+].[NH4+].[NH4+]. The number of carbonyl (C=O) groups excluding carboxylic acids is 3. The van der Waals surface area contributed by atoms with Crippen molar-refractivity contribution in [1.82, 2.24) is 18.5 Å². The molecule has 0 radical (unpaired) electrons. The van der Waals surface area contributed by atoms with Gasteiger partial charge in [0.05, 0.1) is 12.6 Å². The van der Waals surface area contributed by atoms with Gasteiger partial charge in [0, 0.05) is 17.9 Å². The van der Waals surface area contributed by atoms with Crippen molar-refractivity contribution >= 4 is 17.9 Å². The Hall–Kier alpha value is -2.17. The topological polar surface area (TPSA) is 331 Å². The Morgan fingerprint density at radius 1 is 0.844 bits per heavy atom. The fraction of sp³-hybridized carbons (Fsp3) is 0.722. The van der Waals surface area contributed by atoms with Gasteiger partial charge in [0.2, 0.25) is 0 Å². The zero-order chi connectivity index (χ0) is 23.0. The number of aliphatic carboxylic acids is 3. The molecular formula is C18H41N3O11. The van der Waals surface area contributed by atoms with Gasteiger partial charge in [0.15, 0.2) is 0 Å². The molecule has 0 spiro atoms. The maximum Gasteiger partial charge on any atom is 0.122 e. The van der Waals surface area contributed by atoms with E-state index in [-0.39, 0.29) is 18.5 Å². The molecule has 0 amide bonds. The summed E-state index contributed by atoms with van der Waals surface area (Å²) in [7, 11) is 0. The first kappa shape index (κ1) is 40.2. The van der Waals surface area contributed by atoms with Crippen LogP contribution in [-0.4, -0.2) is 74.5 Å². The highest BCUT2D eigenvalue weighted by Gasteiger charge is 2.30. The summed E-state index contributed by atoms with van der Waals surface area (Å²) in [5.74, 6) is -5.79. The number of carbonyl (C=O) groups is 3. The van der Waals surface area contributed by atoms with E-state index < -0.39 is 61.3 Å². The second-order valence-electron chi connectivity index (χ2n) is 6.27. The second-order valence-corrected chi connectivity index (χ2v) is 6.27. The number of aliphatic hydroxyl groups is 5. The third-order valence-corrected chi connectivity index (χ3v) is 3.78. The van der Waals surface area contributed by atoms with Gasteiger partial charge in [-0.2, -0.15) is 0 Å². The van der Waals surface area contributed by atoms with Crippen molar-refractivity contribution < 1.29 is 55.2 Å². The molecule has 0 saturated carbocycles. The first-order valence-electron chi connectivity index (χ1n) is 9.10. The van der Waals surface area contributed by atoms with E-state index in [0.717, 1.165) is 32.1 Å². The van der Waals surface area contributed by atoms with Crippen molar-refractivity contribution in [1.29, 1.82) is 0 Å². The molecule has 14 nitrogen and oxygen atoms in total. The second kappa shape index (κ2) is 23.5. The van der Waals surface area contributed by atoms with Crippen molar-refractivity contribution in [3.8, 4) is 0 Å². The molecule has 0 aliphatic heterocycles. The van der Waals surface area contributed by atoms with Gasteiger partial charge in [-0.1, -0.05) is 38.3 Å². The number of allylic oxidation sites excluding steroid dienone is 1. The van der Waals surface area contributed by atoms with Crippen molar-refractivity contribution in [2.75, 3.05) is 6.61 Å². The average molecular weight is 476 g/mol. The highest BCUT2D eigenvalue weighted by atomic mass is 16.4. The Labute approximate surface area is 187 Å². The van der Waals surface area contributed by atoms with Crippen LogP contribution in [0.3, 0.4) is 0 Å². The Kier molecular flexibility index (Phi) is 29.5. The maximum absolute atomic E-state index is 10.5. The number of hydrogen-bond acceptors (Lipinski definition) is 11. The molecular weight excluding hydrogens is 434 g/mol. The van der Waals surface area contributed by atoms with Crippen LogP contribution >= 0.6 is 0 Å². The lowest BCUT2D eigenvalue weighted by Crippen LogP contribution is -2.52. The molecule has 0 fully saturated rings. The number of hydrogen-bond donors (Lipinski definition) is 8. The molecule has 32 heavy (non-hydrogen) atoms. The number of aliphatic hydroxyl groups excluding tert-OH is 5. The molecule has 0 saturated heterocycles. The highest BCUT2D eigenvalue weighted by Crippen LogP contribution is 2.07. The van der Waals surface area contributed by atoms with Crippen molar-refractivity contribution in [2.45, 2.75) is 69.9 Å². The standard InChI is InChI=1S/C12H20O4.C6H12O7.3H3N/c1-2-3-4-5-6-7-8-10(12(15)16)9-11(13)14;7-1-2(8)3(9)4(10)5(11)6(12)13;;;/h7-8,10H,2-6,9H2,1H3,(H,13,14)(H,15,16);2-5,7-11H,1H2,(H,12,13);3*1H3/t;2-,3-,4+,5-;;;/m.1.../s1. The fourth-order valence-corrected chi connectivity index (χ4v) is 2.02. The van der Waals surface area contributed by atoms with Crippen LogP contribution in [0.5, 0.6) is 0 Å². The van der Waals surface area contributed by atoms with Crippen LogP contribution < -0.4 is 33.8 Å². The van der Waals surface area contributed by atoms with Crippen LogP contribution in [0.1, 0.15) is 45.4 Å². The van der Waals surface area contributed by atoms with Crippen molar-refractivity contribution in [2.24, 2.45) is 5.92 Å². The van der Waals surface area contributed by atoms with E-state index in [9.17, 15) is 29.7 Å². The minimum atomic E-state index is -2.31. The van der Waals surface area contributed by atoms with Gasteiger partial charge in [0.1, 0.15) is 24.4 Å². The van der Waals surface area contributed by atoms with Crippen LogP contribution in [0.25, 0.3) is 0 Å². The van der Waals surface area contributed by atoms with E-state index in [0.29, 0.717) is 0 Å². The van der Waals surface area contributed by atoms with E-state index in [1.165, 1.54) is 6.08 Å². The molecule has 0 heterocycles. The van der Waals surface area contributed by atoms with E-state index in [1.54, 1.807) is 6.08 Å². The van der Waals surface area contributed by atoms with Crippen LogP contribution in [-0.2, 0) is 14.4 Å². The molecule has 0 aromatic rings. The van der Waals surface area contributed by atoms with E-state index in [4.69, 9.17) is 25.5 Å². The van der Waals surface area contributed by atoms with E-state index in [2.05, 4.69) is 6.92 Å². The normalized spacial score (nSPS) is 14.7. The molecule has 1 unspecified atom stereocenters. The number of carboxylic acid groups (broad SMARTS) is 3. The van der Waals surface area contributed by atoms with Crippen LogP contribution in [0.4, 0.5) is 0 Å². The lowest BCUT2D eigenvalue weighted by atomic mass is 10.0. The number of carboxylic acids is 3. The predicted octanol–water partition coefficient (Wildman–Crippen LogP) is -3.68. The number of rotatable bonds is 14. The molecule has 0 aliphatic carbocycles. The Bertz CT molecular complexity index is 520. The lowest BCUT2D eigenvalue weighted by molar-refractivity contribution is -0.320. The monoisotopic (exact) mass is 475 g/mol. The predicted molar refractivity (Wildman–Crippen MR) is 110 cm³/mol. The molecule has 194 valence electrons. The average Bonchev–Trinajstić information content (AvgIpc) is 2.67. The summed E-state index contributed by atoms with van der Waals surface area (Å²) in [6.45, 7) is 1.25. The van der Waals surface area contributed by atoms with Gasteiger partial charge in [-0.05, 0) is 19.3 Å². The minimum absolute atomic E-state index is 0. The van der Waals surface area contributed by atoms with Crippen LogP contribution in [0, 0.1) is 5.92 Å². The van der Waals surface area contributed by atoms with Gasteiger partial charge >= 0.3 is 0 Å². The molecule has 5 atom stereocenters. The third kappa shape index (κ3) is 19.8. The van der Waals surface area contributed by atoms with Gasteiger partial charge in [-0.25, -0.2) is 0 Å². The summed E-state index contributed by atoms with van der Waals surface area (Å²) in [6.07, 6.45) is -0.314. The van der Waals surface area contributed by atoms with Gasteiger partial charge in [0.25, 0.3) is 0 Å². The molecule has 17 N–H and O–H groups in total. The molecule has 0 aliphatic rings. The zero-order valence-electron chi connectivity index (χ0n) is 19.2. The van der Waals surface area contributed by atoms with Crippen molar-refractivity contribution in [3.63, 3.8) is 0 Å². The largest absolute Gasteiger partial charge is 0.550 e. The summed E-state index contributed by atoms with van der Waals surface area (Å²) in [6, 6.07) is 0. The summed E-state index contributed by atoms with van der Waals surface area (Å²) < 4.78 is 0. The number of unbranched alkanes of at least 4 members (excludes halogenated alkanes) is 4. The quantitative estimate of drug-likeness (QED) is 0.0892. The van der Waals surface area contributed by atoms with Gasteiger partial charge in [-0.15, -0.1) is 0 Å². The van der Waals surface area contributed by atoms with E-state index >= 15 is 0 Å². The highest BCUT2D eigenvalue weighted by molar-refractivity contribution is 5.77. The molecule has 0 aromatic heterocycles. The molecule has 0 rings (SSSR count). The molecule has 0 aromatic carbocycles. The minimum Gasteiger partial charge on any atom is -0.550 e. The zero-order valence-corrected chi connectivity index (χ0v) is 19.2. The maximum atomic E-state index is 10.5. The fourth-order valence-electron chi connectivity index (χ4n) is 2.02. The van der Waals surface area contributed by atoms with Crippen LogP contribution in [0.2, 0.25) is 0 Å². The van der Waals surface area contributed by atoms with Crippen LogP contribution in [0.15, 0.2) is 12.2 Å². The summed E-state index contributed by atoms with van der Waals surface area (Å²) in [4.78, 5) is 30.8. The van der Waals surface area contributed by atoms with Gasteiger partial charge < -0.3 is 73.7 Å². The molecule has 14 heteroatoms.